The van der Waals surface area contributed by atoms with Crippen LogP contribution in [0.1, 0.15) is 18.5 Å². The number of fused-ring (bicyclic) bond motifs is 1. The number of methoxy groups -OCH3 is 1. The van der Waals surface area contributed by atoms with Gasteiger partial charge in [0.25, 0.3) is 5.91 Å². The van der Waals surface area contributed by atoms with Gasteiger partial charge in [0.15, 0.2) is 21.7 Å². The van der Waals surface area contributed by atoms with E-state index in [-0.39, 0.29) is 11.7 Å². The molecule has 9 heteroatoms. The van der Waals surface area contributed by atoms with E-state index in [2.05, 4.69) is 20.9 Å². The number of nitrogens with zero attached hydrogens (tertiary/aromatic N) is 1. The van der Waals surface area contributed by atoms with Crippen molar-refractivity contribution in [1.82, 2.24) is 15.6 Å². The van der Waals surface area contributed by atoms with Crippen molar-refractivity contribution in [1.29, 1.82) is 0 Å². The molecule has 7 nitrogen and oxygen atoms in total. The highest BCUT2D eigenvalue weighted by Crippen LogP contribution is 2.38. The maximum Gasteiger partial charge on any atom is 0.257 e. The van der Waals surface area contributed by atoms with E-state index < -0.39 is 6.04 Å². The Hall–Kier alpha value is -3.17. The summed E-state index contributed by atoms with van der Waals surface area (Å²) in [4.78, 5) is 17.6. The van der Waals surface area contributed by atoms with Crippen molar-refractivity contribution in [3.63, 3.8) is 0 Å². The average Bonchev–Trinajstić information content (AvgIpc) is 3.09. The highest BCUT2D eigenvalue weighted by atomic mass is 32.1. The molecule has 0 radical (unpaired) electrons. The van der Waals surface area contributed by atoms with Gasteiger partial charge < -0.3 is 20.5 Å². The van der Waals surface area contributed by atoms with Crippen LogP contribution in [-0.2, 0) is 4.79 Å². The van der Waals surface area contributed by atoms with Crippen molar-refractivity contribution in [2.45, 2.75) is 13.0 Å². The summed E-state index contributed by atoms with van der Waals surface area (Å²) in [7, 11) is 1.47. The normalized spacial score (nSPS) is 16.3. The fourth-order valence-electron chi connectivity index (χ4n) is 3.26. The number of allylic oxidation sites excluding steroid dienone is 1. The molecule has 1 atom stereocenters. The lowest BCUT2D eigenvalue weighted by Crippen LogP contribution is -2.45. The summed E-state index contributed by atoms with van der Waals surface area (Å²) >= 11 is 6.66. The van der Waals surface area contributed by atoms with Crippen LogP contribution in [0.2, 0.25) is 0 Å². The lowest BCUT2D eigenvalue weighted by Gasteiger charge is -2.30. The van der Waals surface area contributed by atoms with Gasteiger partial charge in [-0.2, -0.15) is 0 Å². The molecule has 1 aliphatic rings. The van der Waals surface area contributed by atoms with Crippen LogP contribution in [0.3, 0.4) is 0 Å². The number of nitrogens with one attached hydrogen (secondary N) is 3. The molecule has 1 aliphatic heterocycles. The van der Waals surface area contributed by atoms with Crippen LogP contribution in [0, 0.1) is 0 Å². The summed E-state index contributed by atoms with van der Waals surface area (Å²) in [6.07, 6.45) is 0. The van der Waals surface area contributed by atoms with Crippen molar-refractivity contribution in [3.8, 4) is 11.5 Å². The second-order valence-electron chi connectivity index (χ2n) is 6.41. The molecule has 3 aromatic rings. The summed E-state index contributed by atoms with van der Waals surface area (Å²) in [5.41, 5.74) is 2.31. The Balaban J connectivity index is 1.71. The van der Waals surface area contributed by atoms with Gasteiger partial charge in [-0.05, 0) is 37.3 Å². The number of phenolic OH excluding ortho intramolecular Hbond substituents is 1. The molecular weight excluding hydrogens is 408 g/mol. The molecule has 4 rings (SSSR count). The minimum absolute atomic E-state index is 0.0460. The largest absolute Gasteiger partial charge is 0.504 e. The molecule has 0 saturated heterocycles. The van der Waals surface area contributed by atoms with Gasteiger partial charge in [-0.15, -0.1) is 0 Å². The Morgan fingerprint density at radius 1 is 1.28 bits per heavy atom. The van der Waals surface area contributed by atoms with Crippen LogP contribution < -0.4 is 20.7 Å². The second kappa shape index (κ2) is 7.69. The van der Waals surface area contributed by atoms with Crippen LogP contribution in [0.15, 0.2) is 53.7 Å². The van der Waals surface area contributed by atoms with Crippen molar-refractivity contribution < 1.29 is 14.6 Å². The highest BCUT2D eigenvalue weighted by Gasteiger charge is 2.32. The Labute approximate surface area is 176 Å². The number of benzene rings is 2. The molecule has 0 fully saturated rings. The molecule has 0 aliphatic carbocycles. The number of phenols is 1. The predicted octanol–water partition coefficient (Wildman–Crippen LogP) is 3.44. The van der Waals surface area contributed by atoms with Crippen LogP contribution in [0.5, 0.6) is 11.5 Å². The van der Waals surface area contributed by atoms with E-state index in [0.29, 0.717) is 32.8 Å². The van der Waals surface area contributed by atoms with E-state index in [4.69, 9.17) is 17.0 Å². The summed E-state index contributed by atoms with van der Waals surface area (Å²) in [5.74, 6) is -0.0658. The third kappa shape index (κ3) is 3.62. The number of hydrogen-bond donors (Lipinski definition) is 4. The predicted molar refractivity (Wildman–Crippen MR) is 117 cm³/mol. The number of carbonyl (C=O) groups is 1. The number of anilines is 1. The van der Waals surface area contributed by atoms with Crippen LogP contribution in [0.25, 0.3) is 10.2 Å². The number of hydrogen-bond acceptors (Lipinski definition) is 6. The molecule has 0 bridgehead atoms. The standard InChI is InChI=1S/C20H18N4O3S2/c1-10-15(18(26)24-20-22-12-7-3-4-9-14(12)29-20)16(23-19(28)21-10)11-6-5-8-13(27-2)17(11)25/h3-9,16,25H,1-2H3,(H2,21,23,28)(H,22,24,26). The highest BCUT2D eigenvalue weighted by molar-refractivity contribution is 7.80. The molecule has 0 saturated carbocycles. The third-order valence-electron chi connectivity index (χ3n) is 4.59. The number of ether oxygens (including phenoxy) is 1. The van der Waals surface area contributed by atoms with Gasteiger partial charge in [-0.3, -0.25) is 10.1 Å². The molecule has 0 spiro atoms. The van der Waals surface area contributed by atoms with Crippen molar-refractivity contribution in [2.75, 3.05) is 12.4 Å². The summed E-state index contributed by atoms with van der Waals surface area (Å²) in [6, 6.07) is 12.1. The number of amides is 1. The van der Waals surface area contributed by atoms with Gasteiger partial charge in [0.1, 0.15) is 0 Å². The number of aromatic hydroxyl groups is 1. The van der Waals surface area contributed by atoms with Crippen molar-refractivity contribution in [3.05, 3.63) is 59.3 Å². The van der Waals surface area contributed by atoms with Gasteiger partial charge in [-0.25, -0.2) is 4.98 Å². The Morgan fingerprint density at radius 2 is 2.07 bits per heavy atom. The number of aromatic nitrogens is 1. The quantitative estimate of drug-likeness (QED) is 0.475. The fraction of sp³-hybridized carbons (Fsp3) is 0.150. The first-order chi connectivity index (χ1) is 14.0. The molecule has 1 unspecified atom stereocenters. The fourth-order valence-corrected chi connectivity index (χ4v) is 4.39. The second-order valence-corrected chi connectivity index (χ2v) is 7.85. The SMILES string of the molecule is COc1cccc(C2NC(=S)NC(C)=C2C(=O)Nc2nc3ccccc3s2)c1O. The number of thiocarbonyl (C=S) groups is 1. The molecule has 148 valence electrons. The topological polar surface area (TPSA) is 95.5 Å². The minimum Gasteiger partial charge on any atom is -0.504 e. The number of rotatable bonds is 4. The zero-order chi connectivity index (χ0) is 20.5. The van der Waals surface area contributed by atoms with Gasteiger partial charge in [0, 0.05) is 11.3 Å². The lowest BCUT2D eigenvalue weighted by molar-refractivity contribution is -0.113. The molecule has 2 heterocycles. The average molecular weight is 427 g/mol. The molecule has 2 aromatic carbocycles. The van der Waals surface area contributed by atoms with Crippen molar-refractivity contribution >= 4 is 49.9 Å². The van der Waals surface area contributed by atoms with E-state index in [1.807, 2.05) is 24.3 Å². The number of para-hydroxylation sites is 2. The van der Waals surface area contributed by atoms with E-state index in [9.17, 15) is 9.90 Å². The molecule has 1 amide bonds. The maximum atomic E-state index is 13.2. The Kier molecular flexibility index (Phi) is 5.08. The molecule has 4 N–H and O–H groups in total. The van der Waals surface area contributed by atoms with Crippen LogP contribution in [0.4, 0.5) is 5.13 Å². The number of thiazole rings is 1. The lowest BCUT2D eigenvalue weighted by atomic mass is 9.94. The van der Waals surface area contributed by atoms with Gasteiger partial charge >= 0.3 is 0 Å². The molecular formula is C20H18N4O3S2. The van der Waals surface area contributed by atoms with Gasteiger partial charge in [-0.1, -0.05) is 35.6 Å². The van der Waals surface area contributed by atoms with Crippen LogP contribution in [-0.4, -0.2) is 28.2 Å². The Bertz CT molecular complexity index is 1120. The zero-order valence-corrected chi connectivity index (χ0v) is 17.3. The first-order valence-corrected chi connectivity index (χ1v) is 10.0. The van der Waals surface area contributed by atoms with E-state index in [0.717, 1.165) is 10.2 Å². The first kappa shape index (κ1) is 19.2. The summed E-state index contributed by atoms with van der Waals surface area (Å²) in [5, 5.41) is 20.4. The van der Waals surface area contributed by atoms with E-state index in [1.54, 1.807) is 25.1 Å². The third-order valence-corrected chi connectivity index (χ3v) is 5.76. The smallest absolute Gasteiger partial charge is 0.257 e. The van der Waals surface area contributed by atoms with Gasteiger partial charge in [0.2, 0.25) is 0 Å². The monoisotopic (exact) mass is 426 g/mol. The number of carbonyl (C=O) groups excluding carboxylic acids is 1. The van der Waals surface area contributed by atoms with E-state index >= 15 is 0 Å². The maximum absolute atomic E-state index is 13.2. The first-order valence-electron chi connectivity index (χ1n) is 8.79. The minimum atomic E-state index is -0.645. The zero-order valence-electron chi connectivity index (χ0n) is 15.6. The summed E-state index contributed by atoms with van der Waals surface area (Å²) in [6.45, 7) is 1.77. The molecule has 1 aromatic heterocycles. The summed E-state index contributed by atoms with van der Waals surface area (Å²) < 4.78 is 6.19. The Morgan fingerprint density at radius 3 is 2.83 bits per heavy atom. The van der Waals surface area contributed by atoms with E-state index in [1.165, 1.54) is 18.4 Å². The van der Waals surface area contributed by atoms with Gasteiger partial charge in [0.05, 0.1) is 28.9 Å². The van der Waals surface area contributed by atoms with Crippen LogP contribution >= 0.6 is 23.6 Å². The van der Waals surface area contributed by atoms with Crippen molar-refractivity contribution in [2.24, 2.45) is 0 Å². The molecule has 29 heavy (non-hydrogen) atoms.